The van der Waals surface area contributed by atoms with Crippen LogP contribution < -0.4 is 5.32 Å². The normalized spacial score (nSPS) is 13.1. The van der Waals surface area contributed by atoms with Gasteiger partial charge >= 0.3 is 18.1 Å². The van der Waals surface area contributed by atoms with Gasteiger partial charge in [-0.2, -0.15) is 13.2 Å². The van der Waals surface area contributed by atoms with Gasteiger partial charge in [-0.15, -0.1) is 0 Å². The Kier molecular flexibility index (Phi) is 5.10. The van der Waals surface area contributed by atoms with Gasteiger partial charge in [0.15, 0.2) is 0 Å². The molecule has 0 fully saturated rings. The summed E-state index contributed by atoms with van der Waals surface area (Å²) in [6.07, 6.45) is -5.56. The fraction of sp³-hybridized carbons (Fsp3) is 0.750. The number of halogens is 3. The van der Waals surface area contributed by atoms with E-state index in [4.69, 9.17) is 0 Å². The molecule has 0 spiro atoms. The Morgan fingerprint density at radius 3 is 2.33 bits per heavy atom. The highest BCUT2D eigenvalue weighted by molar-refractivity contribution is 6.32. The van der Waals surface area contributed by atoms with Gasteiger partial charge in [0.2, 0.25) is 0 Å². The van der Waals surface area contributed by atoms with Crippen molar-refractivity contribution in [3.63, 3.8) is 0 Å². The van der Waals surface area contributed by atoms with Crippen molar-refractivity contribution in [2.45, 2.75) is 32.5 Å². The molecule has 1 N–H and O–H groups in total. The van der Waals surface area contributed by atoms with Gasteiger partial charge in [0.1, 0.15) is 0 Å². The minimum absolute atomic E-state index is 0.0000941. The first-order valence-corrected chi connectivity index (χ1v) is 4.30. The van der Waals surface area contributed by atoms with Gasteiger partial charge in [0.25, 0.3) is 0 Å². The van der Waals surface area contributed by atoms with Crippen LogP contribution in [0.4, 0.5) is 13.2 Å². The predicted octanol–water partition coefficient (Wildman–Crippen LogP) is 1.01. The molecule has 0 saturated carbocycles. The monoisotopic (exact) mass is 227 g/mol. The van der Waals surface area contributed by atoms with E-state index in [-0.39, 0.29) is 6.61 Å². The summed E-state index contributed by atoms with van der Waals surface area (Å²) in [6, 6.07) is -1.15. The van der Waals surface area contributed by atoms with Crippen LogP contribution in [0.5, 0.6) is 0 Å². The zero-order valence-corrected chi connectivity index (χ0v) is 8.35. The fourth-order valence-electron chi connectivity index (χ4n) is 0.878. The molecule has 0 radical (unpaired) electrons. The van der Waals surface area contributed by atoms with Gasteiger partial charge in [-0.25, -0.2) is 4.79 Å². The number of esters is 1. The maximum Gasteiger partial charge on any atom is 0.396 e. The first-order valence-electron chi connectivity index (χ1n) is 4.30. The van der Waals surface area contributed by atoms with Crippen LogP contribution in [0, 0.1) is 0 Å². The molecule has 0 aliphatic heterocycles. The van der Waals surface area contributed by atoms with Crippen molar-refractivity contribution in [1.29, 1.82) is 0 Å². The summed E-state index contributed by atoms with van der Waals surface area (Å²) in [6.45, 7) is 2.65. The second-order valence-electron chi connectivity index (χ2n) is 2.91. The number of amides is 1. The van der Waals surface area contributed by atoms with Gasteiger partial charge < -0.3 is 10.1 Å². The molecule has 1 unspecified atom stereocenters. The Labute approximate surface area is 84.8 Å². The Morgan fingerprint density at radius 2 is 1.93 bits per heavy atom. The molecule has 0 bridgehead atoms. The lowest BCUT2D eigenvalue weighted by molar-refractivity contribution is -0.157. The van der Waals surface area contributed by atoms with Crippen LogP contribution in [-0.4, -0.2) is 30.7 Å². The van der Waals surface area contributed by atoms with Crippen molar-refractivity contribution in [2.24, 2.45) is 0 Å². The Hall–Kier alpha value is -1.27. The van der Waals surface area contributed by atoms with E-state index in [1.165, 1.54) is 6.92 Å². The molecule has 0 rings (SSSR count). The molecule has 0 aliphatic rings. The molecule has 0 saturated heterocycles. The molecule has 15 heavy (non-hydrogen) atoms. The van der Waals surface area contributed by atoms with E-state index in [9.17, 15) is 22.8 Å². The zero-order valence-electron chi connectivity index (χ0n) is 8.35. The summed E-state index contributed by atoms with van der Waals surface area (Å²) >= 11 is 0. The molecular weight excluding hydrogens is 215 g/mol. The third-order valence-electron chi connectivity index (χ3n) is 1.38. The van der Waals surface area contributed by atoms with E-state index in [2.05, 4.69) is 4.74 Å². The maximum atomic E-state index is 11.8. The van der Waals surface area contributed by atoms with Gasteiger partial charge in [0, 0.05) is 6.04 Å². The maximum absolute atomic E-state index is 11.8. The lowest BCUT2D eigenvalue weighted by atomic mass is 10.2. The summed E-state index contributed by atoms with van der Waals surface area (Å²) < 4.78 is 39.8. The van der Waals surface area contributed by atoms with E-state index in [1.54, 1.807) is 0 Å². The Bertz CT molecular complexity index is 240. The van der Waals surface area contributed by atoms with Gasteiger partial charge in [-0.3, -0.25) is 4.79 Å². The van der Waals surface area contributed by atoms with Crippen molar-refractivity contribution in [3.05, 3.63) is 0 Å². The number of hydrogen-bond acceptors (Lipinski definition) is 3. The van der Waals surface area contributed by atoms with Crippen LogP contribution in [0.25, 0.3) is 0 Å². The molecule has 4 nitrogen and oxygen atoms in total. The van der Waals surface area contributed by atoms with Crippen molar-refractivity contribution in [3.8, 4) is 0 Å². The molecule has 1 atom stereocenters. The van der Waals surface area contributed by atoms with Crippen LogP contribution >= 0.6 is 0 Å². The van der Waals surface area contributed by atoms with Crippen molar-refractivity contribution in [1.82, 2.24) is 5.32 Å². The van der Waals surface area contributed by atoms with E-state index >= 15 is 0 Å². The quantitative estimate of drug-likeness (QED) is 0.578. The van der Waals surface area contributed by atoms with Crippen LogP contribution in [0.2, 0.25) is 0 Å². The molecule has 88 valence electrons. The zero-order chi connectivity index (χ0) is 12.1. The second kappa shape index (κ2) is 5.57. The summed E-state index contributed by atoms with van der Waals surface area (Å²) in [4.78, 5) is 21.6. The smallest absolute Gasteiger partial charge is 0.396 e. The third-order valence-corrected chi connectivity index (χ3v) is 1.38. The first-order chi connectivity index (χ1) is 6.76. The van der Waals surface area contributed by atoms with E-state index in [1.807, 2.05) is 5.32 Å². The molecule has 0 aromatic carbocycles. The number of carbonyl (C=O) groups is 2. The van der Waals surface area contributed by atoms with Crippen LogP contribution in [0.15, 0.2) is 0 Å². The number of ether oxygens (including phenoxy) is 1. The molecule has 0 aromatic heterocycles. The summed E-state index contributed by atoms with van der Waals surface area (Å²) in [7, 11) is 0. The Morgan fingerprint density at radius 1 is 1.40 bits per heavy atom. The second-order valence-corrected chi connectivity index (χ2v) is 2.91. The van der Waals surface area contributed by atoms with Crippen LogP contribution in [0.3, 0.4) is 0 Å². The standard InChI is InChI=1S/C8H12F3NO3/c1-3-15-7(14)6(13)12-5(2)4-8(9,10)11/h5H,3-4H2,1-2H3,(H,12,13). The van der Waals surface area contributed by atoms with Crippen molar-refractivity contribution in [2.75, 3.05) is 6.61 Å². The average molecular weight is 227 g/mol. The minimum atomic E-state index is -4.37. The van der Waals surface area contributed by atoms with Gasteiger partial charge in [-0.1, -0.05) is 0 Å². The van der Waals surface area contributed by atoms with Crippen LogP contribution in [0.1, 0.15) is 20.3 Å². The highest BCUT2D eigenvalue weighted by Gasteiger charge is 2.31. The number of hydrogen-bond donors (Lipinski definition) is 1. The van der Waals surface area contributed by atoms with Crippen LogP contribution in [-0.2, 0) is 14.3 Å². The SMILES string of the molecule is CCOC(=O)C(=O)NC(C)CC(F)(F)F. The molecule has 1 amide bonds. The fourth-order valence-corrected chi connectivity index (χ4v) is 0.878. The third kappa shape index (κ3) is 6.75. The highest BCUT2D eigenvalue weighted by atomic mass is 19.4. The van der Waals surface area contributed by atoms with E-state index in [0.29, 0.717) is 0 Å². The van der Waals surface area contributed by atoms with Gasteiger partial charge in [-0.05, 0) is 13.8 Å². The number of carbonyl (C=O) groups excluding carboxylic acids is 2. The molecule has 7 heteroatoms. The van der Waals surface area contributed by atoms with Crippen molar-refractivity contribution < 1.29 is 27.5 Å². The minimum Gasteiger partial charge on any atom is -0.459 e. The number of rotatable bonds is 3. The average Bonchev–Trinajstić information content (AvgIpc) is 2.00. The van der Waals surface area contributed by atoms with Gasteiger partial charge in [0.05, 0.1) is 13.0 Å². The lowest BCUT2D eigenvalue weighted by Crippen LogP contribution is -2.40. The van der Waals surface area contributed by atoms with E-state index < -0.39 is 30.5 Å². The number of nitrogens with one attached hydrogen (secondary N) is 1. The largest absolute Gasteiger partial charge is 0.459 e. The summed E-state index contributed by atoms with van der Waals surface area (Å²) in [5, 5.41) is 1.89. The summed E-state index contributed by atoms with van der Waals surface area (Å²) in [5.74, 6) is -2.33. The Balaban J connectivity index is 4.02. The predicted molar refractivity (Wildman–Crippen MR) is 44.9 cm³/mol. The van der Waals surface area contributed by atoms with E-state index in [0.717, 1.165) is 6.92 Å². The number of alkyl halides is 3. The lowest BCUT2D eigenvalue weighted by Gasteiger charge is -2.14. The topological polar surface area (TPSA) is 55.4 Å². The molecule has 0 aliphatic carbocycles. The molecule has 0 aromatic rings. The van der Waals surface area contributed by atoms with Crippen molar-refractivity contribution >= 4 is 11.9 Å². The molecular formula is C8H12F3NO3. The summed E-state index contributed by atoms with van der Waals surface area (Å²) in [5.41, 5.74) is 0. The first kappa shape index (κ1) is 13.7. The highest BCUT2D eigenvalue weighted by Crippen LogP contribution is 2.21. The molecule has 0 heterocycles.